The molecule has 0 radical (unpaired) electrons. The van der Waals surface area contributed by atoms with Crippen LogP contribution in [0, 0.1) is 0 Å². The van der Waals surface area contributed by atoms with Crippen LogP contribution < -0.4 is 0 Å². The zero-order valence-electron chi connectivity index (χ0n) is 5.09. The average Bonchev–Trinajstić information content (AvgIpc) is 1.68. The van der Waals surface area contributed by atoms with Gasteiger partial charge in [-0.2, -0.15) is 0 Å². The van der Waals surface area contributed by atoms with Gasteiger partial charge in [0.05, 0.1) is 12.4 Å². The van der Waals surface area contributed by atoms with Crippen LogP contribution in [-0.2, 0) is 0 Å². The molecule has 48 valence electrons. The first-order valence-corrected chi connectivity index (χ1v) is 2.80. The van der Waals surface area contributed by atoms with Gasteiger partial charge < -0.3 is 10.2 Å². The highest BCUT2D eigenvalue weighted by atomic mass is 16.3. The number of allylic oxidation sites excluding steroid dienone is 1. The molecule has 0 bridgehead atoms. The van der Waals surface area contributed by atoms with Crippen molar-refractivity contribution < 1.29 is 10.2 Å². The van der Waals surface area contributed by atoms with Gasteiger partial charge in [-0.05, 0) is 12.5 Å². The van der Waals surface area contributed by atoms with Crippen molar-refractivity contribution in [3.63, 3.8) is 0 Å². The first-order chi connectivity index (χ1) is 3.81. The predicted octanol–water partition coefficient (Wildman–Crippen LogP) is 1.22. The van der Waals surface area contributed by atoms with Crippen molar-refractivity contribution in [3.8, 4) is 0 Å². The Morgan fingerprint density at radius 3 is 2.62 bits per heavy atom. The molecule has 0 heterocycles. The Labute approximate surface area is 49.5 Å². The van der Waals surface area contributed by atoms with Gasteiger partial charge in [-0.25, -0.2) is 0 Å². The lowest BCUT2D eigenvalue weighted by molar-refractivity contribution is 0.324. The zero-order valence-corrected chi connectivity index (χ0v) is 5.09. The second kappa shape index (κ2) is 4.65. The summed E-state index contributed by atoms with van der Waals surface area (Å²) in [6, 6.07) is 0. The number of aliphatic hydroxyl groups excluding tert-OH is 2. The second-order valence-electron chi connectivity index (χ2n) is 1.63. The number of hydrogen-bond acceptors (Lipinski definition) is 2. The van der Waals surface area contributed by atoms with Crippen LogP contribution in [0.2, 0.25) is 0 Å². The Morgan fingerprint density at radius 2 is 2.25 bits per heavy atom. The molecule has 0 fully saturated rings. The minimum Gasteiger partial charge on any atom is -0.513 e. The third-order valence-corrected chi connectivity index (χ3v) is 0.833. The zero-order chi connectivity index (χ0) is 6.41. The average molecular weight is 116 g/mol. The number of hydrogen-bond donors (Lipinski definition) is 2. The standard InChI is InChI=1S/C6H12O2/c1-2-3-6(8)4-5-7/h4,7-8H,2-3,5H2,1H3. The van der Waals surface area contributed by atoms with Crippen LogP contribution in [0.25, 0.3) is 0 Å². The van der Waals surface area contributed by atoms with Crippen molar-refractivity contribution in [2.45, 2.75) is 19.8 Å². The lowest BCUT2D eigenvalue weighted by atomic mass is 10.3. The van der Waals surface area contributed by atoms with Crippen molar-refractivity contribution in [2.75, 3.05) is 6.61 Å². The Morgan fingerprint density at radius 1 is 1.62 bits per heavy atom. The van der Waals surface area contributed by atoms with E-state index in [2.05, 4.69) is 0 Å². The molecule has 0 amide bonds. The van der Waals surface area contributed by atoms with E-state index in [-0.39, 0.29) is 12.4 Å². The monoisotopic (exact) mass is 116 g/mol. The third-order valence-electron chi connectivity index (χ3n) is 0.833. The van der Waals surface area contributed by atoms with Crippen LogP contribution in [0.15, 0.2) is 11.8 Å². The first kappa shape index (κ1) is 7.50. The summed E-state index contributed by atoms with van der Waals surface area (Å²) in [6.45, 7) is 1.91. The highest BCUT2D eigenvalue weighted by Crippen LogP contribution is 1.97. The van der Waals surface area contributed by atoms with Crippen LogP contribution in [0.5, 0.6) is 0 Å². The lowest BCUT2D eigenvalue weighted by Gasteiger charge is -1.92. The van der Waals surface area contributed by atoms with Gasteiger partial charge >= 0.3 is 0 Å². The minimum absolute atomic E-state index is 0.0637. The summed E-state index contributed by atoms with van der Waals surface area (Å²) in [4.78, 5) is 0. The summed E-state index contributed by atoms with van der Waals surface area (Å²) < 4.78 is 0. The molecule has 0 saturated heterocycles. The molecular formula is C6H12O2. The Bertz CT molecular complexity index is 76.6. The van der Waals surface area contributed by atoms with Crippen molar-refractivity contribution in [1.82, 2.24) is 0 Å². The van der Waals surface area contributed by atoms with Gasteiger partial charge in [0.1, 0.15) is 0 Å². The van der Waals surface area contributed by atoms with Gasteiger partial charge in [-0.15, -0.1) is 0 Å². The van der Waals surface area contributed by atoms with Gasteiger partial charge in [0.15, 0.2) is 0 Å². The van der Waals surface area contributed by atoms with E-state index in [1.54, 1.807) is 0 Å². The molecule has 0 aliphatic rings. The highest BCUT2D eigenvalue weighted by molar-refractivity contribution is 4.89. The first-order valence-electron chi connectivity index (χ1n) is 2.80. The van der Waals surface area contributed by atoms with E-state index in [1.807, 2.05) is 6.92 Å². The Balaban J connectivity index is 3.29. The van der Waals surface area contributed by atoms with E-state index >= 15 is 0 Å². The molecule has 0 aromatic rings. The topological polar surface area (TPSA) is 40.5 Å². The molecular weight excluding hydrogens is 104 g/mol. The van der Waals surface area contributed by atoms with Gasteiger partial charge in [0.25, 0.3) is 0 Å². The molecule has 2 heteroatoms. The molecule has 0 rings (SSSR count). The van der Waals surface area contributed by atoms with Gasteiger partial charge in [-0.3, -0.25) is 0 Å². The molecule has 0 aromatic carbocycles. The van der Waals surface area contributed by atoms with Crippen LogP contribution in [0.4, 0.5) is 0 Å². The summed E-state index contributed by atoms with van der Waals surface area (Å²) >= 11 is 0. The van der Waals surface area contributed by atoms with E-state index in [1.165, 1.54) is 6.08 Å². The molecule has 0 aliphatic heterocycles. The number of aliphatic hydroxyl groups is 2. The summed E-state index contributed by atoms with van der Waals surface area (Å²) in [5, 5.41) is 17.0. The quantitative estimate of drug-likeness (QED) is 0.544. The molecule has 2 nitrogen and oxygen atoms in total. The van der Waals surface area contributed by atoms with Gasteiger partial charge in [0.2, 0.25) is 0 Å². The Kier molecular flexibility index (Phi) is 4.36. The maximum Gasteiger partial charge on any atom is 0.0905 e. The van der Waals surface area contributed by atoms with Crippen molar-refractivity contribution in [2.24, 2.45) is 0 Å². The van der Waals surface area contributed by atoms with Crippen molar-refractivity contribution in [3.05, 3.63) is 11.8 Å². The summed E-state index contributed by atoms with van der Waals surface area (Å²) in [5.74, 6) is 0.287. The summed E-state index contributed by atoms with van der Waals surface area (Å²) in [5.41, 5.74) is 0. The Hall–Kier alpha value is -0.500. The van der Waals surface area contributed by atoms with Crippen LogP contribution in [0.1, 0.15) is 19.8 Å². The lowest BCUT2D eigenvalue weighted by Crippen LogP contribution is -1.82. The minimum atomic E-state index is -0.0637. The fraction of sp³-hybridized carbons (Fsp3) is 0.667. The van der Waals surface area contributed by atoms with Crippen LogP contribution in [0.3, 0.4) is 0 Å². The molecule has 2 N–H and O–H groups in total. The SMILES string of the molecule is CCCC(O)=CCO. The summed E-state index contributed by atoms with van der Waals surface area (Å²) in [7, 11) is 0. The molecule has 0 aromatic heterocycles. The molecule has 0 atom stereocenters. The maximum absolute atomic E-state index is 8.75. The molecule has 0 spiro atoms. The molecule has 0 aliphatic carbocycles. The van der Waals surface area contributed by atoms with E-state index in [9.17, 15) is 0 Å². The summed E-state index contributed by atoms with van der Waals surface area (Å²) in [6.07, 6.45) is 2.99. The predicted molar refractivity (Wildman–Crippen MR) is 32.7 cm³/mol. The van der Waals surface area contributed by atoms with E-state index < -0.39 is 0 Å². The van der Waals surface area contributed by atoms with Crippen molar-refractivity contribution in [1.29, 1.82) is 0 Å². The second-order valence-corrected chi connectivity index (χ2v) is 1.63. The van der Waals surface area contributed by atoms with E-state index in [0.717, 1.165) is 6.42 Å². The van der Waals surface area contributed by atoms with Crippen LogP contribution in [-0.4, -0.2) is 16.8 Å². The normalized spacial score (nSPS) is 12.0. The third kappa shape index (κ3) is 3.68. The van der Waals surface area contributed by atoms with Gasteiger partial charge in [-0.1, -0.05) is 6.92 Å². The highest BCUT2D eigenvalue weighted by Gasteiger charge is 1.85. The van der Waals surface area contributed by atoms with Crippen LogP contribution >= 0.6 is 0 Å². The van der Waals surface area contributed by atoms with Crippen molar-refractivity contribution >= 4 is 0 Å². The molecule has 0 unspecified atom stereocenters. The van der Waals surface area contributed by atoms with E-state index in [4.69, 9.17) is 10.2 Å². The van der Waals surface area contributed by atoms with E-state index in [0.29, 0.717) is 6.42 Å². The van der Waals surface area contributed by atoms with Gasteiger partial charge in [0, 0.05) is 6.42 Å². The smallest absolute Gasteiger partial charge is 0.0905 e. The maximum atomic E-state index is 8.75. The molecule has 8 heavy (non-hydrogen) atoms. The number of rotatable bonds is 3. The largest absolute Gasteiger partial charge is 0.513 e. The fourth-order valence-electron chi connectivity index (χ4n) is 0.464. The fourth-order valence-corrected chi connectivity index (χ4v) is 0.464. The molecule has 0 saturated carbocycles.